The lowest BCUT2D eigenvalue weighted by atomic mass is 9.77. The molecule has 0 aromatic heterocycles. The third-order valence-electron chi connectivity index (χ3n) is 4.78. The highest BCUT2D eigenvalue weighted by Gasteiger charge is 2.32. The Morgan fingerprint density at radius 2 is 1.94 bits per heavy atom. The molecule has 0 bridgehead atoms. The Hall–Kier alpha value is -0.570. The Balaban J connectivity index is 1.84. The van der Waals surface area contributed by atoms with E-state index in [1.165, 1.54) is 32.1 Å². The molecule has 3 nitrogen and oxygen atoms in total. The SMILES string of the molecule is CC(NC(=O)C1CCCCC1CN)C1CCC1. The van der Waals surface area contributed by atoms with E-state index in [1.807, 2.05) is 0 Å². The predicted molar refractivity (Wildman–Crippen MR) is 69.4 cm³/mol. The normalized spacial score (nSPS) is 31.6. The Morgan fingerprint density at radius 3 is 2.53 bits per heavy atom. The molecule has 2 saturated carbocycles. The molecule has 0 spiro atoms. The predicted octanol–water partition coefficient (Wildman–Crippen LogP) is 2.06. The first-order valence-electron chi connectivity index (χ1n) is 7.22. The Morgan fingerprint density at radius 1 is 1.24 bits per heavy atom. The van der Waals surface area contributed by atoms with Crippen LogP contribution in [0.5, 0.6) is 0 Å². The topological polar surface area (TPSA) is 55.1 Å². The van der Waals surface area contributed by atoms with Crippen LogP contribution in [0.15, 0.2) is 0 Å². The number of carbonyl (C=O) groups is 1. The summed E-state index contributed by atoms with van der Waals surface area (Å²) in [5, 5.41) is 3.22. The molecule has 17 heavy (non-hydrogen) atoms. The number of rotatable bonds is 4. The van der Waals surface area contributed by atoms with Crippen molar-refractivity contribution >= 4 is 5.91 Å². The van der Waals surface area contributed by atoms with Crippen LogP contribution in [0.2, 0.25) is 0 Å². The van der Waals surface area contributed by atoms with E-state index in [0.717, 1.165) is 18.8 Å². The van der Waals surface area contributed by atoms with Gasteiger partial charge >= 0.3 is 0 Å². The minimum absolute atomic E-state index is 0.177. The molecular weight excluding hydrogens is 212 g/mol. The van der Waals surface area contributed by atoms with E-state index >= 15 is 0 Å². The van der Waals surface area contributed by atoms with Crippen molar-refractivity contribution < 1.29 is 4.79 Å². The summed E-state index contributed by atoms with van der Waals surface area (Å²) in [6.07, 6.45) is 8.49. The number of carbonyl (C=O) groups excluding carboxylic acids is 1. The first-order chi connectivity index (χ1) is 8.22. The number of hydrogen-bond acceptors (Lipinski definition) is 2. The van der Waals surface area contributed by atoms with E-state index in [9.17, 15) is 4.79 Å². The van der Waals surface area contributed by atoms with Crippen LogP contribution in [0, 0.1) is 17.8 Å². The molecule has 0 radical (unpaired) electrons. The molecule has 0 saturated heterocycles. The molecule has 1 amide bonds. The van der Waals surface area contributed by atoms with Crippen molar-refractivity contribution in [2.24, 2.45) is 23.5 Å². The smallest absolute Gasteiger partial charge is 0.223 e. The number of amides is 1. The van der Waals surface area contributed by atoms with Crippen molar-refractivity contribution in [2.45, 2.75) is 57.9 Å². The molecule has 0 heterocycles. The third kappa shape index (κ3) is 3.01. The average molecular weight is 238 g/mol. The average Bonchev–Trinajstić information content (AvgIpc) is 2.26. The van der Waals surface area contributed by atoms with Crippen LogP contribution in [0.25, 0.3) is 0 Å². The second-order valence-electron chi connectivity index (χ2n) is 5.87. The van der Waals surface area contributed by atoms with Gasteiger partial charge in [-0.3, -0.25) is 4.79 Å². The van der Waals surface area contributed by atoms with Gasteiger partial charge in [0, 0.05) is 12.0 Å². The van der Waals surface area contributed by atoms with Crippen molar-refractivity contribution in [1.29, 1.82) is 0 Å². The maximum absolute atomic E-state index is 12.3. The zero-order valence-electron chi connectivity index (χ0n) is 11.0. The summed E-state index contributed by atoms with van der Waals surface area (Å²) in [5.41, 5.74) is 5.78. The minimum atomic E-state index is 0.177. The molecule has 2 rings (SSSR count). The van der Waals surface area contributed by atoms with E-state index in [-0.39, 0.29) is 11.8 Å². The fourth-order valence-electron chi connectivity index (χ4n) is 3.22. The van der Waals surface area contributed by atoms with E-state index in [0.29, 0.717) is 18.5 Å². The highest BCUT2D eigenvalue weighted by atomic mass is 16.2. The van der Waals surface area contributed by atoms with E-state index in [4.69, 9.17) is 5.73 Å². The van der Waals surface area contributed by atoms with Crippen molar-refractivity contribution in [2.75, 3.05) is 6.54 Å². The Labute approximate surface area is 105 Å². The van der Waals surface area contributed by atoms with Gasteiger partial charge in [0.05, 0.1) is 0 Å². The van der Waals surface area contributed by atoms with E-state index in [2.05, 4.69) is 12.2 Å². The van der Waals surface area contributed by atoms with Crippen LogP contribution in [0.3, 0.4) is 0 Å². The van der Waals surface area contributed by atoms with Crippen molar-refractivity contribution in [3.63, 3.8) is 0 Å². The first-order valence-corrected chi connectivity index (χ1v) is 7.22. The summed E-state index contributed by atoms with van der Waals surface area (Å²) in [6, 6.07) is 0.358. The lowest BCUT2D eigenvalue weighted by molar-refractivity contribution is -0.128. The van der Waals surface area contributed by atoms with Crippen LogP contribution in [-0.2, 0) is 4.79 Å². The molecule has 2 aliphatic carbocycles. The zero-order valence-corrected chi connectivity index (χ0v) is 11.0. The summed E-state index contributed by atoms with van der Waals surface area (Å²) in [5.74, 6) is 1.58. The number of nitrogens with one attached hydrogen (secondary N) is 1. The van der Waals surface area contributed by atoms with Gasteiger partial charge in [0.15, 0.2) is 0 Å². The fourth-order valence-corrected chi connectivity index (χ4v) is 3.22. The van der Waals surface area contributed by atoms with Gasteiger partial charge in [0.1, 0.15) is 0 Å². The van der Waals surface area contributed by atoms with E-state index in [1.54, 1.807) is 0 Å². The van der Waals surface area contributed by atoms with Gasteiger partial charge in [-0.25, -0.2) is 0 Å². The molecule has 3 heteroatoms. The molecule has 2 fully saturated rings. The van der Waals surface area contributed by atoms with Gasteiger partial charge in [0.25, 0.3) is 0 Å². The number of hydrogen-bond donors (Lipinski definition) is 2. The van der Waals surface area contributed by atoms with Crippen LogP contribution < -0.4 is 11.1 Å². The summed E-state index contributed by atoms with van der Waals surface area (Å²) in [4.78, 5) is 12.3. The number of nitrogens with two attached hydrogens (primary N) is 1. The van der Waals surface area contributed by atoms with Gasteiger partial charge in [-0.2, -0.15) is 0 Å². The van der Waals surface area contributed by atoms with Crippen LogP contribution >= 0.6 is 0 Å². The maximum Gasteiger partial charge on any atom is 0.223 e. The van der Waals surface area contributed by atoms with Gasteiger partial charge in [-0.15, -0.1) is 0 Å². The summed E-state index contributed by atoms with van der Waals surface area (Å²) in [6.45, 7) is 2.82. The molecule has 0 aromatic rings. The Bertz CT molecular complexity index is 263. The molecular formula is C14H26N2O. The van der Waals surface area contributed by atoms with Crippen LogP contribution in [0.4, 0.5) is 0 Å². The zero-order chi connectivity index (χ0) is 12.3. The minimum Gasteiger partial charge on any atom is -0.353 e. The fraction of sp³-hybridized carbons (Fsp3) is 0.929. The molecule has 3 atom stereocenters. The summed E-state index contributed by atoms with van der Waals surface area (Å²) in [7, 11) is 0. The molecule has 3 N–H and O–H groups in total. The highest BCUT2D eigenvalue weighted by Crippen LogP contribution is 2.32. The summed E-state index contributed by atoms with van der Waals surface area (Å²) < 4.78 is 0. The third-order valence-corrected chi connectivity index (χ3v) is 4.78. The largest absolute Gasteiger partial charge is 0.353 e. The van der Waals surface area contributed by atoms with Crippen molar-refractivity contribution in [3.05, 3.63) is 0 Å². The monoisotopic (exact) mass is 238 g/mol. The van der Waals surface area contributed by atoms with Gasteiger partial charge in [-0.05, 0) is 51.0 Å². The van der Waals surface area contributed by atoms with Crippen LogP contribution in [0.1, 0.15) is 51.9 Å². The van der Waals surface area contributed by atoms with Gasteiger partial charge < -0.3 is 11.1 Å². The van der Waals surface area contributed by atoms with Gasteiger partial charge in [-0.1, -0.05) is 19.3 Å². The first kappa shape index (κ1) is 12.9. The second kappa shape index (κ2) is 5.85. The molecule has 3 unspecified atom stereocenters. The lowest BCUT2D eigenvalue weighted by Gasteiger charge is -2.35. The molecule has 0 aliphatic heterocycles. The Kier molecular flexibility index (Phi) is 4.43. The second-order valence-corrected chi connectivity index (χ2v) is 5.87. The maximum atomic E-state index is 12.3. The summed E-state index contributed by atoms with van der Waals surface area (Å²) >= 11 is 0. The lowest BCUT2D eigenvalue weighted by Crippen LogP contribution is -2.46. The standard InChI is InChI=1S/C14H26N2O/c1-10(11-6-4-7-11)16-14(17)13-8-3-2-5-12(13)9-15/h10-13H,2-9,15H2,1H3,(H,16,17). The molecule has 2 aliphatic rings. The van der Waals surface area contributed by atoms with Crippen LogP contribution in [-0.4, -0.2) is 18.5 Å². The van der Waals surface area contributed by atoms with Gasteiger partial charge in [0.2, 0.25) is 5.91 Å². The van der Waals surface area contributed by atoms with E-state index < -0.39 is 0 Å². The van der Waals surface area contributed by atoms with Crippen molar-refractivity contribution in [1.82, 2.24) is 5.32 Å². The van der Waals surface area contributed by atoms with Crippen molar-refractivity contribution in [3.8, 4) is 0 Å². The molecule has 98 valence electrons. The quantitative estimate of drug-likeness (QED) is 0.787. The highest BCUT2D eigenvalue weighted by molar-refractivity contribution is 5.79. The molecule has 0 aromatic carbocycles.